The van der Waals surface area contributed by atoms with Gasteiger partial charge in [-0.05, 0) is 42.0 Å². The molecule has 1 amide bonds. The standard InChI is InChI=1S/C24H18F4N2O2/c25-18-7-4-15(5-8-18)23-12-21(32-29-23)14-30(13-17-6-9-20(27)11-22(17)28)24(31)16-2-1-3-19(26)10-16/h1-11,21H,12-14H2/t21-/m0/s1. The van der Waals surface area contributed by atoms with E-state index in [1.54, 1.807) is 12.1 Å². The Bertz CT molecular complexity index is 1160. The molecular weight excluding hydrogens is 424 g/mol. The largest absolute Gasteiger partial charge is 0.390 e. The molecule has 1 heterocycles. The normalized spacial score (nSPS) is 15.2. The summed E-state index contributed by atoms with van der Waals surface area (Å²) in [4.78, 5) is 19.8. The lowest BCUT2D eigenvalue weighted by Crippen LogP contribution is -2.37. The van der Waals surface area contributed by atoms with Gasteiger partial charge in [0.05, 0.1) is 12.3 Å². The molecule has 0 spiro atoms. The number of benzene rings is 3. The molecule has 0 saturated carbocycles. The minimum atomic E-state index is -0.794. The van der Waals surface area contributed by atoms with Gasteiger partial charge in [-0.2, -0.15) is 0 Å². The minimum absolute atomic E-state index is 0.0281. The van der Waals surface area contributed by atoms with E-state index in [1.165, 1.54) is 41.3 Å². The Balaban J connectivity index is 1.54. The first-order chi connectivity index (χ1) is 15.4. The predicted molar refractivity (Wildman–Crippen MR) is 110 cm³/mol. The van der Waals surface area contributed by atoms with Crippen LogP contribution in [0.25, 0.3) is 0 Å². The molecule has 1 atom stereocenters. The number of amides is 1. The van der Waals surface area contributed by atoms with Crippen LogP contribution in [0.1, 0.15) is 27.9 Å². The number of rotatable bonds is 6. The fraction of sp³-hybridized carbons (Fsp3) is 0.167. The van der Waals surface area contributed by atoms with Gasteiger partial charge in [0.15, 0.2) is 6.10 Å². The zero-order valence-electron chi connectivity index (χ0n) is 16.8. The highest BCUT2D eigenvalue weighted by Gasteiger charge is 2.28. The van der Waals surface area contributed by atoms with Gasteiger partial charge in [-0.3, -0.25) is 4.79 Å². The highest BCUT2D eigenvalue weighted by Crippen LogP contribution is 2.21. The molecule has 1 aliphatic rings. The molecule has 4 nitrogen and oxygen atoms in total. The van der Waals surface area contributed by atoms with E-state index in [1.807, 2.05) is 0 Å². The highest BCUT2D eigenvalue weighted by atomic mass is 19.1. The second-order valence-corrected chi connectivity index (χ2v) is 7.41. The molecule has 0 bridgehead atoms. The van der Waals surface area contributed by atoms with Crippen molar-refractivity contribution < 1.29 is 27.2 Å². The Labute approximate surface area is 181 Å². The number of halogens is 4. The number of nitrogens with zero attached hydrogens (tertiary/aromatic N) is 2. The predicted octanol–water partition coefficient (Wildman–Crippen LogP) is 5.08. The van der Waals surface area contributed by atoms with Crippen LogP contribution in [-0.2, 0) is 11.4 Å². The maximum Gasteiger partial charge on any atom is 0.254 e. The third-order valence-electron chi connectivity index (χ3n) is 5.07. The molecule has 1 aliphatic heterocycles. The Kier molecular flexibility index (Phi) is 6.20. The summed E-state index contributed by atoms with van der Waals surface area (Å²) in [7, 11) is 0. The Hall–Kier alpha value is -3.68. The van der Waals surface area contributed by atoms with Crippen LogP contribution in [0.2, 0.25) is 0 Å². The summed E-state index contributed by atoms with van der Waals surface area (Å²) in [5.74, 6) is -3.02. The Morgan fingerprint density at radius 3 is 2.38 bits per heavy atom. The summed E-state index contributed by atoms with van der Waals surface area (Å²) >= 11 is 0. The Morgan fingerprint density at radius 2 is 1.66 bits per heavy atom. The molecule has 3 aromatic rings. The van der Waals surface area contributed by atoms with Gasteiger partial charge in [-0.15, -0.1) is 0 Å². The lowest BCUT2D eigenvalue weighted by molar-refractivity contribution is 0.0402. The van der Waals surface area contributed by atoms with Gasteiger partial charge in [0.2, 0.25) is 0 Å². The zero-order chi connectivity index (χ0) is 22.7. The summed E-state index contributed by atoms with van der Waals surface area (Å²) in [6, 6.07) is 14.0. The van der Waals surface area contributed by atoms with Crippen molar-refractivity contribution in [3.05, 3.63) is 107 Å². The van der Waals surface area contributed by atoms with Crippen molar-refractivity contribution in [3.63, 3.8) is 0 Å². The molecule has 8 heteroatoms. The van der Waals surface area contributed by atoms with Gasteiger partial charge in [0, 0.05) is 30.2 Å². The van der Waals surface area contributed by atoms with Gasteiger partial charge < -0.3 is 9.74 Å². The number of hydrogen-bond acceptors (Lipinski definition) is 3. The van der Waals surface area contributed by atoms with Crippen LogP contribution >= 0.6 is 0 Å². The van der Waals surface area contributed by atoms with E-state index < -0.39 is 29.5 Å². The molecule has 0 aromatic heterocycles. The third-order valence-corrected chi connectivity index (χ3v) is 5.07. The first-order valence-electron chi connectivity index (χ1n) is 9.86. The second kappa shape index (κ2) is 9.21. The molecule has 0 unspecified atom stereocenters. The molecule has 3 aromatic carbocycles. The summed E-state index contributed by atoms with van der Waals surface area (Å²) in [5.41, 5.74) is 1.46. The summed E-state index contributed by atoms with van der Waals surface area (Å²) < 4.78 is 54.4. The van der Waals surface area contributed by atoms with Crippen LogP contribution in [0.5, 0.6) is 0 Å². The van der Waals surface area contributed by atoms with Gasteiger partial charge in [-0.25, -0.2) is 17.6 Å². The van der Waals surface area contributed by atoms with Crippen molar-refractivity contribution in [2.75, 3.05) is 6.54 Å². The van der Waals surface area contributed by atoms with E-state index in [0.717, 1.165) is 18.2 Å². The van der Waals surface area contributed by atoms with Crippen molar-refractivity contribution >= 4 is 11.6 Å². The van der Waals surface area contributed by atoms with Crippen LogP contribution in [0.4, 0.5) is 17.6 Å². The summed E-state index contributed by atoms with van der Waals surface area (Å²) in [6.07, 6.45) is -0.208. The first kappa shape index (κ1) is 21.5. The lowest BCUT2D eigenvalue weighted by atomic mass is 10.0. The molecule has 32 heavy (non-hydrogen) atoms. The first-order valence-corrected chi connectivity index (χ1v) is 9.86. The molecule has 0 fully saturated rings. The SMILES string of the molecule is O=C(c1cccc(F)c1)N(Cc1ccc(F)cc1F)C[C@@H]1CC(c2ccc(F)cc2)=NO1. The summed E-state index contributed by atoms with van der Waals surface area (Å²) in [5, 5.41) is 4.03. The van der Waals surface area contributed by atoms with E-state index in [-0.39, 0.29) is 30.0 Å². The van der Waals surface area contributed by atoms with E-state index in [0.29, 0.717) is 17.7 Å². The number of carbonyl (C=O) groups excluding carboxylic acids is 1. The summed E-state index contributed by atoms with van der Waals surface area (Å²) in [6.45, 7) is -0.145. The van der Waals surface area contributed by atoms with Gasteiger partial charge in [0.25, 0.3) is 5.91 Å². The molecule has 0 aliphatic carbocycles. The average molecular weight is 442 g/mol. The minimum Gasteiger partial charge on any atom is -0.390 e. The van der Waals surface area contributed by atoms with Gasteiger partial charge in [0.1, 0.15) is 23.3 Å². The van der Waals surface area contributed by atoms with E-state index in [9.17, 15) is 22.4 Å². The zero-order valence-corrected chi connectivity index (χ0v) is 16.8. The molecule has 164 valence electrons. The Morgan fingerprint density at radius 1 is 0.938 bits per heavy atom. The number of oxime groups is 1. The van der Waals surface area contributed by atoms with Crippen LogP contribution < -0.4 is 0 Å². The smallest absolute Gasteiger partial charge is 0.254 e. The van der Waals surface area contributed by atoms with Crippen molar-refractivity contribution in [2.45, 2.75) is 19.1 Å². The lowest BCUT2D eigenvalue weighted by Gasteiger charge is -2.25. The fourth-order valence-corrected chi connectivity index (χ4v) is 3.46. The number of hydrogen-bond donors (Lipinski definition) is 0. The maximum atomic E-state index is 14.2. The topological polar surface area (TPSA) is 41.9 Å². The average Bonchev–Trinajstić information content (AvgIpc) is 3.23. The maximum absolute atomic E-state index is 14.2. The third kappa shape index (κ3) is 4.96. The van der Waals surface area contributed by atoms with Crippen molar-refractivity contribution in [1.29, 1.82) is 0 Å². The highest BCUT2D eigenvalue weighted by molar-refractivity contribution is 6.01. The van der Waals surface area contributed by atoms with E-state index in [4.69, 9.17) is 4.84 Å². The van der Waals surface area contributed by atoms with Crippen LogP contribution in [0, 0.1) is 23.3 Å². The van der Waals surface area contributed by atoms with Gasteiger partial charge in [-0.1, -0.05) is 29.4 Å². The quantitative estimate of drug-likeness (QED) is 0.500. The van der Waals surface area contributed by atoms with Crippen molar-refractivity contribution in [2.24, 2.45) is 5.16 Å². The number of carbonyl (C=O) groups is 1. The second-order valence-electron chi connectivity index (χ2n) is 7.41. The van der Waals surface area contributed by atoms with Gasteiger partial charge >= 0.3 is 0 Å². The van der Waals surface area contributed by atoms with Crippen LogP contribution in [0.3, 0.4) is 0 Å². The molecular formula is C24H18F4N2O2. The molecule has 0 radical (unpaired) electrons. The fourth-order valence-electron chi connectivity index (χ4n) is 3.46. The van der Waals surface area contributed by atoms with Crippen LogP contribution in [0.15, 0.2) is 71.9 Å². The van der Waals surface area contributed by atoms with Crippen LogP contribution in [-0.4, -0.2) is 29.2 Å². The van der Waals surface area contributed by atoms with E-state index >= 15 is 0 Å². The van der Waals surface area contributed by atoms with E-state index in [2.05, 4.69) is 5.16 Å². The van der Waals surface area contributed by atoms with Crippen molar-refractivity contribution in [3.8, 4) is 0 Å². The molecule has 0 N–H and O–H groups in total. The molecule has 4 rings (SSSR count). The monoisotopic (exact) mass is 442 g/mol. The molecule has 0 saturated heterocycles. The van der Waals surface area contributed by atoms with Crippen molar-refractivity contribution in [1.82, 2.24) is 4.90 Å².